The van der Waals surface area contributed by atoms with Crippen molar-refractivity contribution in [3.63, 3.8) is 0 Å². The first-order chi connectivity index (χ1) is 10.9. The van der Waals surface area contributed by atoms with Crippen LogP contribution in [0.15, 0.2) is 30.5 Å². The molecule has 0 bridgehead atoms. The van der Waals surface area contributed by atoms with E-state index in [2.05, 4.69) is 15.3 Å². The summed E-state index contributed by atoms with van der Waals surface area (Å²) in [5.41, 5.74) is 0.632. The Morgan fingerprint density at radius 3 is 2.57 bits per heavy atom. The molecule has 0 aliphatic rings. The van der Waals surface area contributed by atoms with Crippen molar-refractivity contribution in [2.45, 2.75) is 13.1 Å². The van der Waals surface area contributed by atoms with Gasteiger partial charge in [0.2, 0.25) is 0 Å². The number of pyridine rings is 1. The second-order valence-electron chi connectivity index (χ2n) is 4.75. The molecule has 3 rings (SSSR count). The fourth-order valence-electron chi connectivity index (χ4n) is 2.10. The third-order valence-electron chi connectivity index (χ3n) is 3.14. The largest absolute Gasteiger partial charge is 0.453 e. The maximum Gasteiger partial charge on any atom is 0.433 e. The Morgan fingerprint density at radius 1 is 1.17 bits per heavy atom. The molecule has 0 radical (unpaired) electrons. The number of alkyl halides is 3. The topological polar surface area (TPSA) is 47.0 Å². The van der Waals surface area contributed by atoms with Crippen LogP contribution in [0.2, 0.25) is 0 Å². The van der Waals surface area contributed by atoms with Crippen LogP contribution in [0, 0.1) is 6.92 Å². The quantitative estimate of drug-likeness (QED) is 0.741. The average Bonchev–Trinajstić information content (AvgIpc) is 2.89. The highest BCUT2D eigenvalue weighted by molar-refractivity contribution is 7.19. The van der Waals surface area contributed by atoms with Crippen molar-refractivity contribution in [2.75, 3.05) is 12.4 Å². The van der Waals surface area contributed by atoms with Crippen LogP contribution in [-0.4, -0.2) is 17.0 Å². The summed E-state index contributed by atoms with van der Waals surface area (Å²) in [6.45, 7) is 1.88. The van der Waals surface area contributed by atoms with E-state index in [0.717, 1.165) is 27.7 Å². The first kappa shape index (κ1) is 15.5. The molecule has 0 aliphatic heterocycles. The summed E-state index contributed by atoms with van der Waals surface area (Å²) in [5, 5.41) is 3.95. The zero-order valence-electron chi connectivity index (χ0n) is 12.2. The number of ether oxygens (including phenoxy) is 1. The van der Waals surface area contributed by atoms with E-state index in [4.69, 9.17) is 4.74 Å². The minimum absolute atomic E-state index is 0.224. The van der Waals surface area contributed by atoms with E-state index >= 15 is 0 Å². The number of nitrogens with one attached hydrogen (secondary N) is 1. The number of nitrogens with zero attached hydrogens (tertiary/aromatic N) is 2. The summed E-state index contributed by atoms with van der Waals surface area (Å²) in [4.78, 5) is 7.81. The smallest absolute Gasteiger partial charge is 0.433 e. The third-order valence-corrected chi connectivity index (χ3v) is 4.14. The number of aryl methyl sites for hydroxylation is 1. The molecular formula is C15H12F3N3OS. The molecular weight excluding hydrogens is 327 g/mol. The lowest BCUT2D eigenvalue weighted by atomic mass is 10.2. The fraction of sp³-hybridized carbons (Fsp3) is 0.200. The highest BCUT2D eigenvalue weighted by Crippen LogP contribution is 2.37. The minimum Gasteiger partial charge on any atom is -0.453 e. The maximum atomic E-state index is 12.5. The molecule has 3 aromatic rings. The molecule has 0 atom stereocenters. The van der Waals surface area contributed by atoms with Gasteiger partial charge in [-0.05, 0) is 31.2 Å². The van der Waals surface area contributed by atoms with Gasteiger partial charge in [-0.3, -0.25) is 0 Å². The Morgan fingerprint density at radius 2 is 1.96 bits per heavy atom. The van der Waals surface area contributed by atoms with Gasteiger partial charge in [0, 0.05) is 7.05 Å². The fourth-order valence-corrected chi connectivity index (χ4v) is 3.06. The lowest BCUT2D eigenvalue weighted by Crippen LogP contribution is -2.07. The van der Waals surface area contributed by atoms with Gasteiger partial charge in [-0.1, -0.05) is 0 Å². The van der Waals surface area contributed by atoms with Crippen LogP contribution >= 0.6 is 11.3 Å². The number of hydrogen-bond donors (Lipinski definition) is 1. The number of rotatable bonds is 3. The molecule has 0 saturated heterocycles. The lowest BCUT2D eigenvalue weighted by Gasteiger charge is -2.09. The molecule has 0 amide bonds. The van der Waals surface area contributed by atoms with Gasteiger partial charge in [-0.15, -0.1) is 11.3 Å². The number of halogens is 3. The number of hydrogen-bond acceptors (Lipinski definition) is 5. The van der Waals surface area contributed by atoms with E-state index in [0.29, 0.717) is 11.3 Å². The van der Waals surface area contributed by atoms with Crippen molar-refractivity contribution < 1.29 is 17.9 Å². The normalized spacial score (nSPS) is 11.7. The molecule has 4 nitrogen and oxygen atoms in total. The molecule has 0 spiro atoms. The van der Waals surface area contributed by atoms with Crippen LogP contribution in [-0.2, 0) is 6.18 Å². The summed E-state index contributed by atoms with van der Waals surface area (Å²) in [5.74, 6) is 0.701. The van der Waals surface area contributed by atoms with Crippen LogP contribution in [0.25, 0.3) is 10.2 Å². The zero-order chi connectivity index (χ0) is 16.6. The second-order valence-corrected chi connectivity index (χ2v) is 5.95. The number of aromatic nitrogens is 2. The highest BCUT2D eigenvalue weighted by atomic mass is 32.1. The third kappa shape index (κ3) is 3.07. The first-order valence-electron chi connectivity index (χ1n) is 6.67. The van der Waals surface area contributed by atoms with Crippen LogP contribution in [0.3, 0.4) is 0 Å². The van der Waals surface area contributed by atoms with Crippen LogP contribution < -0.4 is 10.1 Å². The molecule has 23 heavy (non-hydrogen) atoms. The van der Waals surface area contributed by atoms with Crippen molar-refractivity contribution in [3.8, 4) is 11.5 Å². The predicted octanol–water partition coefficient (Wildman–Crippen LogP) is 4.85. The summed E-state index contributed by atoms with van der Waals surface area (Å²) in [6.07, 6.45) is -3.41. The second kappa shape index (κ2) is 5.69. The van der Waals surface area contributed by atoms with Crippen LogP contribution in [0.5, 0.6) is 11.5 Å². The monoisotopic (exact) mass is 339 g/mol. The Kier molecular flexibility index (Phi) is 3.85. The molecule has 2 aromatic heterocycles. The van der Waals surface area contributed by atoms with E-state index in [1.54, 1.807) is 6.07 Å². The summed E-state index contributed by atoms with van der Waals surface area (Å²) in [7, 11) is 1.81. The van der Waals surface area contributed by atoms with Gasteiger partial charge in [-0.2, -0.15) is 13.2 Å². The molecule has 0 fully saturated rings. The lowest BCUT2D eigenvalue weighted by molar-refractivity contribution is -0.141. The van der Waals surface area contributed by atoms with Crippen molar-refractivity contribution in [3.05, 3.63) is 41.2 Å². The Hall–Kier alpha value is -2.35. The van der Waals surface area contributed by atoms with E-state index in [-0.39, 0.29) is 5.75 Å². The Bertz CT molecular complexity index is 844. The number of benzene rings is 1. The van der Waals surface area contributed by atoms with Gasteiger partial charge < -0.3 is 10.1 Å². The number of fused-ring (bicyclic) bond motifs is 1. The SMILES string of the molecule is CNc1ccc(Oc2ccc(C(F)(F)F)nc2)c2nc(C)sc12. The van der Waals surface area contributed by atoms with E-state index in [9.17, 15) is 13.2 Å². The Balaban J connectivity index is 1.96. The van der Waals surface area contributed by atoms with Gasteiger partial charge in [0.25, 0.3) is 0 Å². The van der Waals surface area contributed by atoms with Crippen LogP contribution in [0.4, 0.5) is 18.9 Å². The average molecular weight is 339 g/mol. The van der Waals surface area contributed by atoms with Gasteiger partial charge >= 0.3 is 6.18 Å². The van der Waals surface area contributed by atoms with Crippen molar-refractivity contribution >= 4 is 27.2 Å². The zero-order valence-corrected chi connectivity index (χ0v) is 13.0. The molecule has 1 aromatic carbocycles. The van der Waals surface area contributed by atoms with Gasteiger partial charge in [0.05, 0.1) is 21.6 Å². The first-order valence-corrected chi connectivity index (χ1v) is 7.49. The van der Waals surface area contributed by atoms with Crippen molar-refractivity contribution in [1.82, 2.24) is 9.97 Å². The minimum atomic E-state index is -4.47. The summed E-state index contributed by atoms with van der Waals surface area (Å²) < 4.78 is 44.2. The highest BCUT2D eigenvalue weighted by Gasteiger charge is 2.32. The van der Waals surface area contributed by atoms with Gasteiger partial charge in [-0.25, -0.2) is 9.97 Å². The standard InChI is InChI=1S/C15H12F3N3OS/c1-8-21-13-11(5-4-10(19-2)14(13)23-8)22-9-3-6-12(20-7-9)15(16,17)18/h3-7,19H,1-2H3. The van der Waals surface area contributed by atoms with E-state index < -0.39 is 11.9 Å². The van der Waals surface area contributed by atoms with Crippen LogP contribution in [0.1, 0.15) is 10.7 Å². The summed E-state index contributed by atoms with van der Waals surface area (Å²) >= 11 is 1.52. The van der Waals surface area contributed by atoms with E-state index in [1.807, 2.05) is 20.0 Å². The molecule has 8 heteroatoms. The molecule has 0 unspecified atom stereocenters. The molecule has 0 saturated carbocycles. The van der Waals surface area contributed by atoms with E-state index in [1.165, 1.54) is 17.4 Å². The molecule has 120 valence electrons. The number of thiazole rings is 1. The number of anilines is 1. The van der Waals surface area contributed by atoms with Gasteiger partial charge in [0.15, 0.2) is 5.75 Å². The maximum absolute atomic E-state index is 12.5. The summed E-state index contributed by atoms with van der Waals surface area (Å²) in [6, 6.07) is 5.70. The predicted molar refractivity (Wildman–Crippen MR) is 83.2 cm³/mol. The van der Waals surface area contributed by atoms with Gasteiger partial charge in [0.1, 0.15) is 17.0 Å². The molecule has 1 N–H and O–H groups in total. The van der Waals surface area contributed by atoms with Crippen molar-refractivity contribution in [1.29, 1.82) is 0 Å². The molecule has 2 heterocycles. The molecule has 0 aliphatic carbocycles. The Labute approximate surface area is 134 Å². The van der Waals surface area contributed by atoms with Crippen molar-refractivity contribution in [2.24, 2.45) is 0 Å².